The van der Waals surface area contributed by atoms with Gasteiger partial charge in [0.15, 0.2) is 10.8 Å². The van der Waals surface area contributed by atoms with Gasteiger partial charge in [-0.15, -0.1) is 0 Å². The van der Waals surface area contributed by atoms with Gasteiger partial charge in [0.1, 0.15) is 17.5 Å². The molecule has 27 heavy (non-hydrogen) atoms. The zero-order chi connectivity index (χ0) is 19.1. The maximum absolute atomic E-state index is 13.2. The molecule has 1 N–H and O–H groups in total. The van der Waals surface area contributed by atoms with E-state index < -0.39 is 0 Å². The number of amides is 1. The van der Waals surface area contributed by atoms with Crippen LogP contribution in [0, 0.1) is 12.7 Å². The topological polar surface area (TPSA) is 75.9 Å². The Balaban J connectivity index is 1.71. The number of anilines is 1. The molecular formula is C18H19FN6OS. The second-order valence-corrected chi connectivity index (χ2v) is 7.15. The van der Waals surface area contributed by atoms with Crippen LogP contribution in [0.1, 0.15) is 34.8 Å². The minimum absolute atomic E-state index is 0.120. The normalized spacial score (nSPS) is 16.3. The predicted octanol–water partition coefficient (Wildman–Crippen LogP) is 3.11. The van der Waals surface area contributed by atoms with E-state index in [0.717, 1.165) is 28.2 Å². The van der Waals surface area contributed by atoms with Gasteiger partial charge in [-0.05, 0) is 49.6 Å². The van der Waals surface area contributed by atoms with Gasteiger partial charge in [0.05, 0.1) is 11.7 Å². The summed E-state index contributed by atoms with van der Waals surface area (Å²) in [6.07, 6.45) is 0. The highest BCUT2D eigenvalue weighted by Gasteiger charge is 2.34. The number of benzene rings is 1. The lowest BCUT2D eigenvalue weighted by Crippen LogP contribution is -2.41. The standard InChI is InChI=1S/C18H19FN6OS/c1-10-14-15(20-3)22-16(17-21-11(2)23-27-17)25(14)9-8-24(10)18(26)12-4-6-13(19)7-5-12/h4-7,10,20H,8-9H2,1-3H3. The average molecular weight is 386 g/mol. The van der Waals surface area contributed by atoms with Crippen LogP contribution in [-0.4, -0.2) is 43.3 Å². The van der Waals surface area contributed by atoms with E-state index in [9.17, 15) is 9.18 Å². The number of carbonyl (C=O) groups excluding carboxylic acids is 1. The molecule has 140 valence electrons. The summed E-state index contributed by atoms with van der Waals surface area (Å²) >= 11 is 1.32. The van der Waals surface area contributed by atoms with Crippen LogP contribution in [-0.2, 0) is 6.54 Å². The number of hydrogen-bond acceptors (Lipinski definition) is 6. The van der Waals surface area contributed by atoms with E-state index in [2.05, 4.69) is 19.2 Å². The van der Waals surface area contributed by atoms with E-state index in [-0.39, 0.29) is 17.8 Å². The minimum atomic E-state index is -0.356. The molecule has 4 rings (SSSR count). The van der Waals surface area contributed by atoms with Crippen LogP contribution in [0.5, 0.6) is 0 Å². The van der Waals surface area contributed by atoms with E-state index in [1.165, 1.54) is 35.8 Å². The van der Waals surface area contributed by atoms with Gasteiger partial charge in [0.2, 0.25) is 0 Å². The third-order valence-corrected chi connectivity index (χ3v) is 5.54. The molecule has 9 heteroatoms. The molecule has 1 unspecified atom stereocenters. The number of rotatable bonds is 3. The Morgan fingerprint density at radius 3 is 2.63 bits per heavy atom. The molecular weight excluding hydrogens is 367 g/mol. The van der Waals surface area contributed by atoms with E-state index in [1.807, 2.05) is 20.9 Å². The number of aryl methyl sites for hydroxylation is 1. The molecule has 7 nitrogen and oxygen atoms in total. The smallest absolute Gasteiger partial charge is 0.254 e. The fourth-order valence-corrected chi connectivity index (χ4v) is 4.10. The molecule has 0 spiro atoms. The molecule has 3 aromatic rings. The molecule has 0 radical (unpaired) electrons. The highest BCUT2D eigenvalue weighted by molar-refractivity contribution is 7.09. The molecule has 0 aliphatic carbocycles. The van der Waals surface area contributed by atoms with E-state index in [4.69, 9.17) is 4.98 Å². The van der Waals surface area contributed by atoms with Crippen molar-refractivity contribution in [2.24, 2.45) is 0 Å². The lowest BCUT2D eigenvalue weighted by molar-refractivity contribution is 0.0646. The maximum Gasteiger partial charge on any atom is 0.254 e. The van der Waals surface area contributed by atoms with Crippen LogP contribution in [0.2, 0.25) is 0 Å². The number of nitrogens with one attached hydrogen (secondary N) is 1. The van der Waals surface area contributed by atoms with Crippen LogP contribution in [0.3, 0.4) is 0 Å². The van der Waals surface area contributed by atoms with Crippen molar-refractivity contribution in [2.45, 2.75) is 26.4 Å². The third-order valence-electron chi connectivity index (χ3n) is 4.74. The Kier molecular flexibility index (Phi) is 4.39. The van der Waals surface area contributed by atoms with Crippen LogP contribution >= 0.6 is 11.5 Å². The Morgan fingerprint density at radius 2 is 2.00 bits per heavy atom. The minimum Gasteiger partial charge on any atom is -0.372 e. The van der Waals surface area contributed by atoms with Gasteiger partial charge in [-0.3, -0.25) is 4.79 Å². The molecule has 1 atom stereocenters. The Morgan fingerprint density at radius 1 is 1.26 bits per heavy atom. The summed E-state index contributed by atoms with van der Waals surface area (Å²) < 4.78 is 19.5. The summed E-state index contributed by atoms with van der Waals surface area (Å²) in [5.74, 6) is 1.73. The summed E-state index contributed by atoms with van der Waals surface area (Å²) in [6.45, 7) is 4.97. The number of nitrogens with zero attached hydrogens (tertiary/aromatic N) is 5. The first-order chi connectivity index (χ1) is 13.0. The van der Waals surface area contributed by atoms with Gasteiger partial charge in [-0.2, -0.15) is 4.37 Å². The molecule has 0 fully saturated rings. The number of imidazole rings is 1. The van der Waals surface area contributed by atoms with Crippen LogP contribution in [0.4, 0.5) is 10.2 Å². The molecule has 1 aromatic carbocycles. The fraction of sp³-hybridized carbons (Fsp3) is 0.333. The summed E-state index contributed by atoms with van der Waals surface area (Å²) in [7, 11) is 1.81. The first-order valence-corrected chi connectivity index (χ1v) is 9.42. The Hall–Kier alpha value is -2.81. The van der Waals surface area contributed by atoms with E-state index >= 15 is 0 Å². The van der Waals surface area contributed by atoms with Crippen molar-refractivity contribution in [3.05, 3.63) is 47.2 Å². The van der Waals surface area contributed by atoms with Crippen molar-refractivity contribution in [1.29, 1.82) is 0 Å². The Labute approximate surface area is 160 Å². The second kappa shape index (κ2) is 6.73. The van der Waals surface area contributed by atoms with Gasteiger partial charge >= 0.3 is 0 Å². The first-order valence-electron chi connectivity index (χ1n) is 8.65. The Bertz CT molecular complexity index is 996. The molecule has 1 aliphatic heterocycles. The quantitative estimate of drug-likeness (QED) is 0.749. The summed E-state index contributed by atoms with van der Waals surface area (Å²) in [5.41, 5.74) is 1.41. The monoisotopic (exact) mass is 386 g/mol. The predicted molar refractivity (Wildman–Crippen MR) is 101 cm³/mol. The van der Waals surface area contributed by atoms with Crippen molar-refractivity contribution < 1.29 is 9.18 Å². The number of carbonyl (C=O) groups is 1. The second-order valence-electron chi connectivity index (χ2n) is 6.40. The zero-order valence-corrected chi connectivity index (χ0v) is 16.0. The number of hydrogen-bond donors (Lipinski definition) is 1. The average Bonchev–Trinajstić information content (AvgIpc) is 3.26. The summed E-state index contributed by atoms with van der Waals surface area (Å²) in [5, 5.41) is 3.89. The zero-order valence-electron chi connectivity index (χ0n) is 15.2. The van der Waals surface area contributed by atoms with Gasteiger partial charge in [-0.25, -0.2) is 14.4 Å². The molecule has 0 saturated heterocycles. The molecule has 2 aromatic heterocycles. The van der Waals surface area contributed by atoms with Crippen LogP contribution < -0.4 is 5.32 Å². The van der Waals surface area contributed by atoms with Gasteiger partial charge < -0.3 is 14.8 Å². The highest BCUT2D eigenvalue weighted by atomic mass is 32.1. The fourth-order valence-electron chi connectivity index (χ4n) is 3.44. The molecule has 3 heterocycles. The van der Waals surface area contributed by atoms with Gasteiger partial charge in [-0.1, -0.05) is 0 Å². The lowest BCUT2D eigenvalue weighted by Gasteiger charge is -2.35. The van der Waals surface area contributed by atoms with Gasteiger partial charge in [0, 0.05) is 25.7 Å². The van der Waals surface area contributed by atoms with Crippen molar-refractivity contribution in [3.8, 4) is 10.8 Å². The number of halogens is 1. The highest BCUT2D eigenvalue weighted by Crippen LogP contribution is 2.36. The SMILES string of the molecule is CNc1nc(-c2nc(C)ns2)n2c1C(C)N(C(=O)c1ccc(F)cc1)CC2. The molecule has 0 bridgehead atoms. The first kappa shape index (κ1) is 17.6. The van der Waals surface area contributed by atoms with E-state index in [0.29, 0.717) is 18.7 Å². The number of aromatic nitrogens is 4. The maximum atomic E-state index is 13.2. The molecule has 1 amide bonds. The third kappa shape index (κ3) is 2.97. The van der Waals surface area contributed by atoms with Crippen molar-refractivity contribution >= 4 is 23.3 Å². The van der Waals surface area contributed by atoms with E-state index in [1.54, 1.807) is 4.90 Å². The van der Waals surface area contributed by atoms with Crippen molar-refractivity contribution in [3.63, 3.8) is 0 Å². The summed E-state index contributed by atoms with van der Waals surface area (Å²) in [6, 6.07) is 5.46. The molecule has 0 saturated carbocycles. The van der Waals surface area contributed by atoms with Crippen LogP contribution in [0.25, 0.3) is 10.8 Å². The lowest BCUT2D eigenvalue weighted by atomic mass is 10.1. The molecule has 1 aliphatic rings. The summed E-state index contributed by atoms with van der Waals surface area (Å²) in [4.78, 5) is 23.9. The van der Waals surface area contributed by atoms with Gasteiger partial charge in [0.25, 0.3) is 5.91 Å². The van der Waals surface area contributed by atoms with Crippen LogP contribution in [0.15, 0.2) is 24.3 Å². The number of fused-ring (bicyclic) bond motifs is 1. The van der Waals surface area contributed by atoms with Crippen molar-refractivity contribution in [2.75, 3.05) is 18.9 Å². The largest absolute Gasteiger partial charge is 0.372 e. The van der Waals surface area contributed by atoms with Crippen molar-refractivity contribution in [1.82, 2.24) is 23.8 Å².